The predicted molar refractivity (Wildman–Crippen MR) is 151 cm³/mol. The van der Waals surface area contributed by atoms with Gasteiger partial charge in [0.1, 0.15) is 5.75 Å². The van der Waals surface area contributed by atoms with Gasteiger partial charge in [-0.05, 0) is 57.4 Å². The van der Waals surface area contributed by atoms with Crippen LogP contribution in [-0.4, -0.2) is 50.9 Å². The summed E-state index contributed by atoms with van der Waals surface area (Å²) in [6.45, 7) is 12.3. The zero-order valence-electron chi connectivity index (χ0n) is 24.2. The molecule has 0 bridgehead atoms. The number of ether oxygens (including phenoxy) is 2. The maximum atomic E-state index is 11.4. The van der Waals surface area contributed by atoms with Crippen LogP contribution in [0.1, 0.15) is 128 Å². The largest absolute Gasteiger partial charge is 0.494 e. The first-order chi connectivity index (χ1) is 16.9. The van der Waals surface area contributed by atoms with Crippen molar-refractivity contribution in [2.24, 2.45) is 0 Å². The first-order valence-electron chi connectivity index (χ1n) is 14.6. The number of quaternary nitrogens is 1. The van der Waals surface area contributed by atoms with Crippen LogP contribution in [-0.2, 0) is 4.74 Å². The van der Waals surface area contributed by atoms with Crippen molar-refractivity contribution in [3.63, 3.8) is 0 Å². The van der Waals surface area contributed by atoms with E-state index in [2.05, 4.69) is 34.9 Å². The van der Waals surface area contributed by atoms with E-state index < -0.39 is 0 Å². The molecular weight excluding hydrogens is 434 g/mol. The summed E-state index contributed by atoms with van der Waals surface area (Å²) < 4.78 is 11.7. The van der Waals surface area contributed by atoms with Gasteiger partial charge in [-0.1, -0.05) is 84.5 Å². The van der Waals surface area contributed by atoms with Crippen LogP contribution in [0.4, 0.5) is 0 Å². The van der Waals surface area contributed by atoms with Gasteiger partial charge in [0.15, 0.2) is 0 Å². The quantitative estimate of drug-likeness (QED) is 0.104. The number of hydrogen-bond donors (Lipinski definition) is 0. The number of esters is 1. The predicted octanol–water partition coefficient (Wildman–Crippen LogP) is 8.83. The molecule has 0 aliphatic carbocycles. The third-order valence-corrected chi connectivity index (χ3v) is 6.61. The average Bonchev–Trinajstić information content (AvgIpc) is 2.86. The highest BCUT2D eigenvalue weighted by molar-refractivity contribution is 5.89. The van der Waals surface area contributed by atoms with Gasteiger partial charge in [-0.2, -0.15) is 0 Å². The Morgan fingerprint density at radius 2 is 1.17 bits per heavy atom. The Balaban J connectivity index is 0.000000662. The number of hydrogen-bond acceptors (Lipinski definition) is 3. The number of carbonyl (C=O) groups is 1. The van der Waals surface area contributed by atoms with E-state index >= 15 is 0 Å². The molecule has 204 valence electrons. The fraction of sp³-hybridized carbons (Fsp3) is 0.774. The van der Waals surface area contributed by atoms with Crippen LogP contribution in [0.15, 0.2) is 24.3 Å². The molecule has 1 aromatic carbocycles. The molecule has 0 radical (unpaired) electrons. The fourth-order valence-corrected chi connectivity index (χ4v) is 3.81. The summed E-state index contributed by atoms with van der Waals surface area (Å²) in [5.74, 6) is 0.520. The molecule has 4 heteroatoms. The first-order valence-corrected chi connectivity index (χ1v) is 14.6. The standard InChI is InChI=1S/C16H36N.C15H22O3/c1-5-7-8-9-10-11-12-13-14-15-16-17(3,4)6-2;1-3-5-6-7-12-18-14-10-8-13(9-11-14)15(16)17-4-2/h5-16H2,1-4H3;8-11H,3-7,12H2,1-2H3/q+1;. The normalized spacial score (nSPS) is 11.0. The summed E-state index contributed by atoms with van der Waals surface area (Å²) >= 11 is 0. The van der Waals surface area contributed by atoms with E-state index in [0.29, 0.717) is 12.2 Å². The summed E-state index contributed by atoms with van der Waals surface area (Å²) in [6, 6.07) is 7.09. The van der Waals surface area contributed by atoms with Gasteiger partial charge in [0.2, 0.25) is 0 Å². The molecule has 35 heavy (non-hydrogen) atoms. The number of carbonyl (C=O) groups excluding carboxylic acids is 1. The highest BCUT2D eigenvalue weighted by Crippen LogP contribution is 2.14. The average molecular weight is 493 g/mol. The monoisotopic (exact) mass is 492 g/mol. The van der Waals surface area contributed by atoms with Gasteiger partial charge in [0, 0.05) is 0 Å². The van der Waals surface area contributed by atoms with Gasteiger partial charge in [0.25, 0.3) is 0 Å². The van der Waals surface area contributed by atoms with Gasteiger partial charge in [-0.3, -0.25) is 0 Å². The summed E-state index contributed by atoms with van der Waals surface area (Å²) in [5, 5.41) is 0. The SMILES string of the molecule is CCCCCCCCCCCC[N+](C)(C)CC.CCCCCCOc1ccc(C(=O)OCC)cc1. The molecule has 0 aromatic heterocycles. The Morgan fingerprint density at radius 1 is 0.686 bits per heavy atom. The lowest BCUT2D eigenvalue weighted by Gasteiger charge is -2.28. The topological polar surface area (TPSA) is 35.5 Å². The summed E-state index contributed by atoms with van der Waals surface area (Å²) in [5.41, 5.74) is 0.565. The van der Waals surface area contributed by atoms with Gasteiger partial charge in [-0.25, -0.2) is 4.79 Å². The molecule has 0 aliphatic rings. The second kappa shape index (κ2) is 22.9. The third kappa shape index (κ3) is 20.4. The van der Waals surface area contributed by atoms with Crippen LogP contribution in [0.25, 0.3) is 0 Å². The van der Waals surface area contributed by atoms with Crippen molar-refractivity contribution in [1.29, 1.82) is 0 Å². The van der Waals surface area contributed by atoms with Gasteiger partial charge in [0.05, 0.1) is 46.0 Å². The molecule has 0 N–H and O–H groups in total. The lowest BCUT2D eigenvalue weighted by Crippen LogP contribution is -2.39. The van der Waals surface area contributed by atoms with Gasteiger partial charge in [-0.15, -0.1) is 0 Å². The van der Waals surface area contributed by atoms with Gasteiger partial charge >= 0.3 is 5.97 Å². The molecular formula is C31H58NO3+. The molecule has 0 heterocycles. The van der Waals surface area contributed by atoms with E-state index in [1.807, 2.05) is 12.1 Å². The number of unbranched alkanes of at least 4 members (excludes halogenated alkanes) is 12. The second-order valence-electron chi connectivity index (χ2n) is 10.3. The Bertz CT molecular complexity index is 598. The minimum atomic E-state index is -0.285. The van der Waals surface area contributed by atoms with Crippen molar-refractivity contribution in [3.05, 3.63) is 29.8 Å². The zero-order chi connectivity index (χ0) is 26.2. The lowest BCUT2D eigenvalue weighted by atomic mass is 10.1. The molecule has 1 rings (SSSR count). The Labute approximate surface area is 218 Å². The molecule has 0 fully saturated rings. The zero-order valence-corrected chi connectivity index (χ0v) is 24.2. The van der Waals surface area contributed by atoms with Crippen molar-refractivity contribution in [2.45, 2.75) is 118 Å². The molecule has 0 saturated heterocycles. The van der Waals surface area contributed by atoms with E-state index in [9.17, 15) is 4.79 Å². The maximum Gasteiger partial charge on any atom is 0.338 e. The van der Waals surface area contributed by atoms with E-state index in [4.69, 9.17) is 9.47 Å². The molecule has 0 atom stereocenters. The van der Waals surface area contributed by atoms with E-state index in [1.54, 1.807) is 19.1 Å². The number of nitrogens with zero attached hydrogens (tertiary/aromatic N) is 1. The number of rotatable bonds is 20. The Morgan fingerprint density at radius 3 is 1.66 bits per heavy atom. The van der Waals surface area contributed by atoms with Crippen LogP contribution < -0.4 is 4.74 Å². The fourth-order valence-electron chi connectivity index (χ4n) is 3.81. The Hall–Kier alpha value is -1.55. The summed E-state index contributed by atoms with van der Waals surface area (Å²) in [7, 11) is 4.68. The molecule has 0 unspecified atom stereocenters. The first kappa shape index (κ1) is 33.4. The molecule has 0 spiro atoms. The molecule has 0 amide bonds. The van der Waals surface area contributed by atoms with Crippen molar-refractivity contribution in [1.82, 2.24) is 0 Å². The minimum absolute atomic E-state index is 0.285. The van der Waals surface area contributed by atoms with Crippen molar-refractivity contribution in [3.8, 4) is 5.75 Å². The van der Waals surface area contributed by atoms with Crippen LogP contribution in [0.3, 0.4) is 0 Å². The van der Waals surface area contributed by atoms with Crippen LogP contribution >= 0.6 is 0 Å². The van der Waals surface area contributed by atoms with Crippen LogP contribution in [0.2, 0.25) is 0 Å². The van der Waals surface area contributed by atoms with E-state index in [0.717, 1.165) is 18.8 Å². The molecule has 0 aliphatic heterocycles. The van der Waals surface area contributed by atoms with E-state index in [-0.39, 0.29) is 5.97 Å². The molecule has 1 aromatic rings. The summed E-state index contributed by atoms with van der Waals surface area (Å²) in [6.07, 6.45) is 19.2. The number of benzene rings is 1. The van der Waals surface area contributed by atoms with Gasteiger partial charge < -0.3 is 14.0 Å². The Kier molecular flexibility index (Phi) is 21.9. The lowest BCUT2D eigenvalue weighted by molar-refractivity contribution is -0.888. The smallest absolute Gasteiger partial charge is 0.338 e. The second-order valence-corrected chi connectivity index (χ2v) is 10.3. The highest BCUT2D eigenvalue weighted by atomic mass is 16.5. The minimum Gasteiger partial charge on any atom is -0.494 e. The highest BCUT2D eigenvalue weighted by Gasteiger charge is 2.10. The summed E-state index contributed by atoms with van der Waals surface area (Å²) in [4.78, 5) is 11.4. The van der Waals surface area contributed by atoms with Crippen LogP contribution in [0, 0.1) is 0 Å². The van der Waals surface area contributed by atoms with E-state index in [1.165, 1.54) is 101 Å². The third-order valence-electron chi connectivity index (χ3n) is 6.61. The van der Waals surface area contributed by atoms with Crippen molar-refractivity contribution < 1.29 is 18.8 Å². The van der Waals surface area contributed by atoms with Crippen LogP contribution in [0.5, 0.6) is 5.75 Å². The maximum absolute atomic E-state index is 11.4. The van der Waals surface area contributed by atoms with Crippen molar-refractivity contribution in [2.75, 3.05) is 40.4 Å². The molecule has 0 saturated carbocycles. The van der Waals surface area contributed by atoms with Crippen molar-refractivity contribution >= 4 is 5.97 Å². The molecule has 4 nitrogen and oxygen atoms in total.